The van der Waals surface area contributed by atoms with Gasteiger partial charge in [0.15, 0.2) is 0 Å². The highest BCUT2D eigenvalue weighted by molar-refractivity contribution is 6.05. The molecule has 0 spiro atoms. The molecule has 2 aromatic heterocycles. The summed E-state index contributed by atoms with van der Waals surface area (Å²) >= 11 is 0. The van der Waals surface area contributed by atoms with Crippen molar-refractivity contribution in [1.29, 1.82) is 0 Å². The van der Waals surface area contributed by atoms with Crippen LogP contribution in [-0.2, 0) is 6.54 Å². The molecule has 1 amide bonds. The minimum absolute atomic E-state index is 0.141. The summed E-state index contributed by atoms with van der Waals surface area (Å²) in [7, 11) is 2.17. The summed E-state index contributed by atoms with van der Waals surface area (Å²) in [5.74, 6) is -0.141. The number of hydrogen-bond acceptors (Lipinski definition) is 3. The molecule has 0 saturated heterocycles. The number of anilines is 1. The van der Waals surface area contributed by atoms with Crippen molar-refractivity contribution in [3.05, 3.63) is 59.4 Å². The number of pyridine rings is 1. The SMILES string of the molecule is Cc1c[nH]c2ncc(C(=O)Nc3ccc(CN(C)C4CC4)cc3)cc12. The van der Waals surface area contributed by atoms with Gasteiger partial charge in [0.2, 0.25) is 0 Å². The molecule has 1 saturated carbocycles. The largest absolute Gasteiger partial charge is 0.346 e. The first-order valence-corrected chi connectivity index (χ1v) is 8.64. The van der Waals surface area contributed by atoms with Gasteiger partial charge in [-0.15, -0.1) is 0 Å². The molecule has 0 unspecified atom stereocenters. The quantitative estimate of drug-likeness (QED) is 0.747. The average Bonchev–Trinajstić information content (AvgIpc) is 3.41. The number of nitrogens with one attached hydrogen (secondary N) is 2. The van der Waals surface area contributed by atoms with Crippen LogP contribution in [0.3, 0.4) is 0 Å². The van der Waals surface area contributed by atoms with Crippen LogP contribution in [-0.4, -0.2) is 33.9 Å². The maximum absolute atomic E-state index is 12.5. The zero-order valence-corrected chi connectivity index (χ0v) is 14.5. The van der Waals surface area contributed by atoms with Gasteiger partial charge in [0.1, 0.15) is 5.65 Å². The van der Waals surface area contributed by atoms with Crippen LogP contribution in [0.4, 0.5) is 5.69 Å². The van der Waals surface area contributed by atoms with E-state index in [1.54, 1.807) is 6.20 Å². The van der Waals surface area contributed by atoms with Crippen molar-refractivity contribution in [2.24, 2.45) is 0 Å². The first-order valence-electron chi connectivity index (χ1n) is 8.64. The number of benzene rings is 1. The van der Waals surface area contributed by atoms with Crippen LogP contribution in [0.2, 0.25) is 0 Å². The van der Waals surface area contributed by atoms with Gasteiger partial charge in [-0.05, 0) is 56.1 Å². The molecule has 0 atom stereocenters. The van der Waals surface area contributed by atoms with Crippen LogP contribution in [0.15, 0.2) is 42.7 Å². The van der Waals surface area contributed by atoms with E-state index in [-0.39, 0.29) is 5.91 Å². The van der Waals surface area contributed by atoms with Crippen molar-refractivity contribution < 1.29 is 4.79 Å². The molecule has 2 N–H and O–H groups in total. The molecule has 0 aliphatic heterocycles. The minimum atomic E-state index is -0.141. The number of aromatic nitrogens is 2. The van der Waals surface area contributed by atoms with Crippen molar-refractivity contribution in [2.75, 3.05) is 12.4 Å². The van der Waals surface area contributed by atoms with Crippen molar-refractivity contribution in [3.63, 3.8) is 0 Å². The minimum Gasteiger partial charge on any atom is -0.346 e. The Labute approximate surface area is 147 Å². The Morgan fingerprint density at radius 3 is 2.80 bits per heavy atom. The van der Waals surface area contributed by atoms with E-state index >= 15 is 0 Å². The lowest BCUT2D eigenvalue weighted by atomic mass is 10.1. The molecular formula is C20H22N4O. The Hall–Kier alpha value is -2.66. The molecule has 4 rings (SSSR count). The van der Waals surface area contributed by atoms with Gasteiger partial charge in [-0.2, -0.15) is 0 Å². The predicted molar refractivity (Wildman–Crippen MR) is 99.7 cm³/mol. The summed E-state index contributed by atoms with van der Waals surface area (Å²) in [6.07, 6.45) is 6.12. The Bertz CT molecular complexity index is 909. The van der Waals surface area contributed by atoms with E-state index in [4.69, 9.17) is 0 Å². The molecule has 128 valence electrons. The predicted octanol–water partition coefficient (Wildman–Crippen LogP) is 3.72. The second-order valence-electron chi connectivity index (χ2n) is 6.89. The number of amides is 1. The smallest absolute Gasteiger partial charge is 0.257 e. The number of H-pyrrole nitrogens is 1. The molecule has 1 aliphatic rings. The van der Waals surface area contributed by atoms with Crippen LogP contribution in [0, 0.1) is 6.92 Å². The average molecular weight is 334 g/mol. The van der Waals surface area contributed by atoms with Gasteiger partial charge in [-0.1, -0.05) is 12.1 Å². The number of rotatable bonds is 5. The van der Waals surface area contributed by atoms with Crippen molar-refractivity contribution in [2.45, 2.75) is 32.4 Å². The molecule has 5 heteroatoms. The fourth-order valence-electron chi connectivity index (χ4n) is 3.09. The van der Waals surface area contributed by atoms with Crippen molar-refractivity contribution >= 4 is 22.6 Å². The van der Waals surface area contributed by atoms with Crippen LogP contribution >= 0.6 is 0 Å². The monoisotopic (exact) mass is 334 g/mol. The van der Waals surface area contributed by atoms with Gasteiger partial charge in [-0.25, -0.2) is 4.98 Å². The van der Waals surface area contributed by atoms with Gasteiger partial charge < -0.3 is 10.3 Å². The normalized spacial score (nSPS) is 14.2. The molecule has 1 aromatic carbocycles. The Morgan fingerprint density at radius 2 is 2.08 bits per heavy atom. The highest BCUT2D eigenvalue weighted by atomic mass is 16.1. The first-order chi connectivity index (χ1) is 12.1. The summed E-state index contributed by atoms with van der Waals surface area (Å²) in [5, 5.41) is 3.93. The van der Waals surface area contributed by atoms with E-state index in [0.29, 0.717) is 5.56 Å². The lowest BCUT2D eigenvalue weighted by Gasteiger charge is -2.15. The van der Waals surface area contributed by atoms with E-state index in [1.165, 1.54) is 18.4 Å². The zero-order valence-electron chi connectivity index (χ0n) is 14.5. The number of carbonyl (C=O) groups excluding carboxylic acids is 1. The van der Waals surface area contributed by atoms with E-state index in [1.807, 2.05) is 31.3 Å². The fourth-order valence-corrected chi connectivity index (χ4v) is 3.09. The molecule has 1 aliphatic carbocycles. The van der Waals surface area contributed by atoms with Gasteiger partial charge in [0.05, 0.1) is 5.56 Å². The second kappa shape index (κ2) is 6.33. The van der Waals surface area contributed by atoms with Crippen LogP contribution in [0.5, 0.6) is 0 Å². The van der Waals surface area contributed by atoms with Crippen molar-refractivity contribution in [1.82, 2.24) is 14.9 Å². The summed E-state index contributed by atoms with van der Waals surface area (Å²) in [6, 6.07) is 10.7. The molecule has 25 heavy (non-hydrogen) atoms. The van der Waals surface area contributed by atoms with Gasteiger partial charge >= 0.3 is 0 Å². The Kier molecular flexibility index (Phi) is 4.01. The number of aromatic amines is 1. The lowest BCUT2D eigenvalue weighted by Crippen LogP contribution is -2.19. The number of hydrogen-bond donors (Lipinski definition) is 2. The van der Waals surface area contributed by atoms with Gasteiger partial charge in [-0.3, -0.25) is 9.69 Å². The third-order valence-electron chi connectivity index (χ3n) is 4.81. The second-order valence-corrected chi connectivity index (χ2v) is 6.89. The van der Waals surface area contributed by atoms with E-state index in [9.17, 15) is 4.79 Å². The van der Waals surface area contributed by atoms with Crippen LogP contribution < -0.4 is 5.32 Å². The summed E-state index contributed by atoms with van der Waals surface area (Å²) in [5.41, 5.74) is 4.51. The van der Waals surface area contributed by atoms with Crippen LogP contribution in [0.25, 0.3) is 11.0 Å². The number of nitrogens with zero attached hydrogens (tertiary/aromatic N) is 2. The molecule has 0 bridgehead atoms. The Balaban J connectivity index is 1.44. The molecular weight excluding hydrogens is 312 g/mol. The number of aryl methyl sites for hydroxylation is 1. The number of fused-ring (bicyclic) bond motifs is 1. The van der Waals surface area contributed by atoms with E-state index < -0.39 is 0 Å². The standard InChI is InChI=1S/C20H22N4O/c1-13-10-21-19-18(13)9-15(11-22-19)20(25)23-16-5-3-14(4-6-16)12-24(2)17-7-8-17/h3-6,9-11,17H,7-8,12H2,1-2H3,(H,21,22)(H,23,25). The van der Waals surface area contributed by atoms with Crippen molar-refractivity contribution in [3.8, 4) is 0 Å². The van der Waals surface area contributed by atoms with Gasteiger partial charge in [0, 0.05) is 36.1 Å². The third-order valence-corrected chi connectivity index (χ3v) is 4.81. The highest BCUT2D eigenvalue weighted by Crippen LogP contribution is 2.27. The number of carbonyl (C=O) groups is 1. The summed E-state index contributed by atoms with van der Waals surface area (Å²) < 4.78 is 0. The van der Waals surface area contributed by atoms with E-state index in [0.717, 1.165) is 34.9 Å². The zero-order chi connectivity index (χ0) is 17.4. The molecule has 2 heterocycles. The molecule has 3 aromatic rings. The molecule has 5 nitrogen and oxygen atoms in total. The molecule has 1 fully saturated rings. The maximum atomic E-state index is 12.5. The van der Waals surface area contributed by atoms with Gasteiger partial charge in [0.25, 0.3) is 5.91 Å². The third kappa shape index (κ3) is 3.42. The van der Waals surface area contributed by atoms with E-state index in [2.05, 4.69) is 39.4 Å². The highest BCUT2D eigenvalue weighted by Gasteiger charge is 2.25. The summed E-state index contributed by atoms with van der Waals surface area (Å²) in [4.78, 5) is 22.3. The topological polar surface area (TPSA) is 61.0 Å². The Morgan fingerprint density at radius 1 is 1.32 bits per heavy atom. The lowest BCUT2D eigenvalue weighted by molar-refractivity contribution is 0.102. The van der Waals surface area contributed by atoms with Crippen LogP contribution in [0.1, 0.15) is 34.3 Å². The summed E-state index contributed by atoms with van der Waals surface area (Å²) in [6.45, 7) is 2.95. The molecule has 0 radical (unpaired) electrons. The fraction of sp³-hybridized carbons (Fsp3) is 0.300. The maximum Gasteiger partial charge on any atom is 0.257 e. The first kappa shape index (κ1) is 15.8.